The summed E-state index contributed by atoms with van der Waals surface area (Å²) in [6.45, 7) is 2.35. The monoisotopic (exact) mass is 214 g/mol. The van der Waals surface area contributed by atoms with Gasteiger partial charge in [0, 0.05) is 5.92 Å². The molecule has 0 heterocycles. The highest BCUT2D eigenvalue weighted by Gasteiger charge is 2.51. The minimum absolute atomic E-state index is 0.162. The molecule has 5 heteroatoms. The molecule has 0 aromatic heterocycles. The van der Waals surface area contributed by atoms with Crippen molar-refractivity contribution < 1.29 is 14.7 Å². The van der Waals surface area contributed by atoms with Crippen LogP contribution >= 0.6 is 0 Å². The molecule has 0 spiro atoms. The molecule has 0 saturated heterocycles. The molecule has 0 bridgehead atoms. The Morgan fingerprint density at radius 1 is 1.53 bits per heavy atom. The Balaban J connectivity index is 2.38. The molecule has 1 atom stereocenters. The lowest BCUT2D eigenvalue weighted by molar-refractivity contribution is -0.143. The van der Waals surface area contributed by atoms with Crippen LogP contribution in [0.15, 0.2) is 0 Å². The van der Waals surface area contributed by atoms with Gasteiger partial charge in [-0.2, -0.15) is 0 Å². The van der Waals surface area contributed by atoms with Gasteiger partial charge in [0.1, 0.15) is 5.54 Å². The third-order valence-corrected chi connectivity index (χ3v) is 2.81. The summed E-state index contributed by atoms with van der Waals surface area (Å²) in [6.07, 6.45) is 2.57. The van der Waals surface area contributed by atoms with Gasteiger partial charge in [0.15, 0.2) is 0 Å². The Labute approximate surface area is 89.0 Å². The largest absolute Gasteiger partial charge is 0.480 e. The molecule has 1 rings (SSSR count). The van der Waals surface area contributed by atoms with E-state index in [1.165, 1.54) is 0 Å². The molecule has 1 saturated carbocycles. The number of carbonyl (C=O) groups is 2. The molecule has 0 aromatic rings. The molecule has 1 aliphatic rings. The molecule has 5 nitrogen and oxygen atoms in total. The first-order valence-corrected chi connectivity index (χ1v) is 5.27. The molecule has 1 fully saturated rings. The second-order valence-electron chi connectivity index (χ2n) is 4.21. The molecular weight excluding hydrogens is 196 g/mol. The summed E-state index contributed by atoms with van der Waals surface area (Å²) in [4.78, 5) is 22.4. The standard InChI is InChI=1S/C10H18N2O3/c1-7(3-2-6-11)8(13)12-10(4-5-10)9(14)15/h7H,2-6,11H2,1H3,(H,12,13)(H,14,15). The van der Waals surface area contributed by atoms with Gasteiger partial charge in [-0.15, -0.1) is 0 Å². The lowest BCUT2D eigenvalue weighted by Gasteiger charge is -2.16. The molecule has 86 valence electrons. The Hall–Kier alpha value is -1.10. The highest BCUT2D eigenvalue weighted by atomic mass is 16.4. The van der Waals surface area contributed by atoms with E-state index in [0.29, 0.717) is 25.8 Å². The number of carboxylic acids is 1. The van der Waals surface area contributed by atoms with Crippen LogP contribution in [-0.4, -0.2) is 29.1 Å². The molecule has 1 aliphatic carbocycles. The summed E-state index contributed by atoms with van der Waals surface area (Å²) in [5, 5.41) is 11.5. The summed E-state index contributed by atoms with van der Waals surface area (Å²) in [7, 11) is 0. The average molecular weight is 214 g/mol. The fourth-order valence-corrected chi connectivity index (χ4v) is 1.43. The minimum Gasteiger partial charge on any atom is -0.480 e. The van der Waals surface area contributed by atoms with E-state index < -0.39 is 11.5 Å². The van der Waals surface area contributed by atoms with Gasteiger partial charge in [-0.25, -0.2) is 4.79 Å². The van der Waals surface area contributed by atoms with Crippen LogP contribution in [0.4, 0.5) is 0 Å². The van der Waals surface area contributed by atoms with Crippen molar-refractivity contribution >= 4 is 11.9 Å². The Kier molecular flexibility index (Phi) is 3.68. The number of carboxylic acid groups (broad SMARTS) is 1. The molecule has 0 aromatic carbocycles. The van der Waals surface area contributed by atoms with Crippen molar-refractivity contribution in [1.29, 1.82) is 0 Å². The molecule has 1 amide bonds. The average Bonchev–Trinajstić information content (AvgIpc) is 2.95. The number of nitrogens with one attached hydrogen (secondary N) is 1. The number of amides is 1. The minimum atomic E-state index is -0.964. The van der Waals surface area contributed by atoms with Gasteiger partial charge >= 0.3 is 5.97 Å². The Morgan fingerprint density at radius 3 is 2.53 bits per heavy atom. The van der Waals surface area contributed by atoms with E-state index in [1.54, 1.807) is 6.92 Å². The number of aliphatic carboxylic acids is 1. The summed E-state index contributed by atoms with van der Waals surface area (Å²) >= 11 is 0. The van der Waals surface area contributed by atoms with Gasteiger partial charge in [0.2, 0.25) is 5.91 Å². The maximum Gasteiger partial charge on any atom is 0.329 e. The van der Waals surface area contributed by atoms with Crippen molar-refractivity contribution in [2.75, 3.05) is 6.54 Å². The zero-order valence-electron chi connectivity index (χ0n) is 8.95. The maximum absolute atomic E-state index is 11.6. The van der Waals surface area contributed by atoms with Crippen LogP contribution < -0.4 is 11.1 Å². The van der Waals surface area contributed by atoms with Crippen molar-refractivity contribution in [3.05, 3.63) is 0 Å². The lowest BCUT2D eigenvalue weighted by Crippen LogP contribution is -2.45. The number of hydrogen-bond donors (Lipinski definition) is 3. The third-order valence-electron chi connectivity index (χ3n) is 2.81. The fourth-order valence-electron chi connectivity index (χ4n) is 1.43. The SMILES string of the molecule is CC(CCCN)C(=O)NC1(C(=O)O)CC1. The van der Waals surface area contributed by atoms with E-state index in [9.17, 15) is 9.59 Å². The molecular formula is C10H18N2O3. The smallest absolute Gasteiger partial charge is 0.329 e. The van der Waals surface area contributed by atoms with Gasteiger partial charge in [-0.05, 0) is 32.2 Å². The quantitative estimate of drug-likeness (QED) is 0.584. The summed E-state index contributed by atoms with van der Waals surface area (Å²) < 4.78 is 0. The van der Waals surface area contributed by atoms with Crippen LogP contribution in [0.25, 0.3) is 0 Å². The van der Waals surface area contributed by atoms with Crippen molar-refractivity contribution in [2.45, 2.75) is 38.1 Å². The zero-order chi connectivity index (χ0) is 11.5. The van der Waals surface area contributed by atoms with Crippen molar-refractivity contribution in [3.63, 3.8) is 0 Å². The highest BCUT2D eigenvalue weighted by molar-refractivity contribution is 5.90. The highest BCUT2D eigenvalue weighted by Crippen LogP contribution is 2.35. The third kappa shape index (κ3) is 2.92. The van der Waals surface area contributed by atoms with Gasteiger partial charge in [0.05, 0.1) is 0 Å². The number of rotatable bonds is 6. The van der Waals surface area contributed by atoms with Crippen LogP contribution in [0.3, 0.4) is 0 Å². The van der Waals surface area contributed by atoms with E-state index in [2.05, 4.69) is 5.32 Å². The number of nitrogens with two attached hydrogens (primary N) is 1. The topological polar surface area (TPSA) is 92.4 Å². The first kappa shape index (κ1) is 12.0. The zero-order valence-corrected chi connectivity index (χ0v) is 8.95. The predicted octanol–water partition coefficient (Wildman–Crippen LogP) is 0.0948. The molecule has 0 radical (unpaired) electrons. The summed E-state index contributed by atoms with van der Waals surface area (Å²) in [6, 6.07) is 0. The van der Waals surface area contributed by atoms with Crippen LogP contribution in [0.1, 0.15) is 32.6 Å². The predicted molar refractivity (Wildman–Crippen MR) is 55.2 cm³/mol. The van der Waals surface area contributed by atoms with Crippen molar-refractivity contribution in [2.24, 2.45) is 11.7 Å². The van der Waals surface area contributed by atoms with E-state index >= 15 is 0 Å². The van der Waals surface area contributed by atoms with Crippen LogP contribution in [0.2, 0.25) is 0 Å². The molecule has 4 N–H and O–H groups in total. The van der Waals surface area contributed by atoms with E-state index in [4.69, 9.17) is 10.8 Å². The van der Waals surface area contributed by atoms with Crippen molar-refractivity contribution in [1.82, 2.24) is 5.32 Å². The number of hydrogen-bond acceptors (Lipinski definition) is 3. The van der Waals surface area contributed by atoms with Gasteiger partial charge in [-0.3, -0.25) is 4.79 Å². The van der Waals surface area contributed by atoms with E-state index in [-0.39, 0.29) is 11.8 Å². The summed E-state index contributed by atoms with van der Waals surface area (Å²) in [5.74, 6) is -1.27. The first-order valence-electron chi connectivity index (χ1n) is 5.27. The fraction of sp³-hybridized carbons (Fsp3) is 0.800. The first-order chi connectivity index (χ1) is 7.02. The van der Waals surface area contributed by atoms with Gasteiger partial charge < -0.3 is 16.2 Å². The van der Waals surface area contributed by atoms with Crippen molar-refractivity contribution in [3.8, 4) is 0 Å². The second kappa shape index (κ2) is 4.61. The second-order valence-corrected chi connectivity index (χ2v) is 4.21. The van der Waals surface area contributed by atoms with Crippen LogP contribution in [0, 0.1) is 5.92 Å². The van der Waals surface area contributed by atoms with E-state index in [0.717, 1.165) is 6.42 Å². The van der Waals surface area contributed by atoms with Gasteiger partial charge in [-0.1, -0.05) is 6.92 Å². The van der Waals surface area contributed by atoms with Gasteiger partial charge in [0.25, 0.3) is 0 Å². The molecule has 15 heavy (non-hydrogen) atoms. The molecule has 1 unspecified atom stereocenters. The normalized spacial score (nSPS) is 19.3. The Bertz CT molecular complexity index is 261. The Morgan fingerprint density at radius 2 is 2.13 bits per heavy atom. The number of carbonyl (C=O) groups excluding carboxylic acids is 1. The van der Waals surface area contributed by atoms with Crippen LogP contribution in [0.5, 0.6) is 0 Å². The van der Waals surface area contributed by atoms with E-state index in [1.807, 2.05) is 0 Å². The molecule has 0 aliphatic heterocycles. The van der Waals surface area contributed by atoms with Crippen LogP contribution in [-0.2, 0) is 9.59 Å². The maximum atomic E-state index is 11.6. The lowest BCUT2D eigenvalue weighted by atomic mass is 10.0. The summed E-state index contributed by atoms with van der Waals surface area (Å²) in [5.41, 5.74) is 4.37.